The molecule has 2 saturated carbocycles. The molecule has 0 saturated heterocycles. The van der Waals surface area contributed by atoms with Crippen molar-refractivity contribution in [3.05, 3.63) is 59.4 Å². The number of likely N-dealkylation sites (N-methyl/N-ethyl adjacent to an activating group) is 2. The van der Waals surface area contributed by atoms with Crippen LogP contribution in [0.15, 0.2) is 36.7 Å². The van der Waals surface area contributed by atoms with Gasteiger partial charge in [-0.05, 0) is 77.6 Å². The molecule has 332 valence electrons. The summed E-state index contributed by atoms with van der Waals surface area (Å²) in [4.78, 5) is 52.6. The highest BCUT2D eigenvalue weighted by molar-refractivity contribution is 6.03. The number of anilines is 6. The van der Waals surface area contributed by atoms with E-state index in [0.717, 1.165) is 50.2 Å². The molecule has 16 nitrogen and oxygen atoms in total. The van der Waals surface area contributed by atoms with Gasteiger partial charge in [-0.2, -0.15) is 36.3 Å². The third kappa shape index (κ3) is 9.78. The third-order valence-corrected chi connectivity index (χ3v) is 11.3. The monoisotopic (exact) mass is 872 g/mol. The molecule has 2 fully saturated rings. The molecule has 2 amide bonds. The molecule has 6 atom stereocenters. The van der Waals surface area contributed by atoms with Crippen molar-refractivity contribution < 1.29 is 45.4 Å². The van der Waals surface area contributed by atoms with E-state index in [1.807, 2.05) is 37.7 Å². The standard InChI is InChI=1S/2C20H23F3N6O2/c2*1-10-16-17(29(3)11(2)18(30)27-16)28-19(25-10)26-12-4-5-13(8-12)31-14-6-7-15(24-9-14)20(21,22)23/h2*6-7,9,11-13H,4-5,8H2,1-3H3,(H,27,30)(H,25,26,28)/t11-,12+,13+;11-,12-,13-/m00/s1. The summed E-state index contributed by atoms with van der Waals surface area (Å²) in [6.07, 6.45) is -2.60. The van der Waals surface area contributed by atoms with Crippen LogP contribution < -0.4 is 40.5 Å². The maximum absolute atomic E-state index is 12.6. The van der Waals surface area contributed by atoms with Gasteiger partial charge in [0.2, 0.25) is 23.7 Å². The predicted molar refractivity (Wildman–Crippen MR) is 216 cm³/mol. The van der Waals surface area contributed by atoms with E-state index < -0.39 is 23.7 Å². The number of aromatic nitrogens is 6. The minimum absolute atomic E-state index is 0.0609. The second-order valence-corrected chi connectivity index (χ2v) is 15.8. The average molecular weight is 873 g/mol. The van der Waals surface area contributed by atoms with Crippen molar-refractivity contribution in [2.24, 2.45) is 0 Å². The fourth-order valence-electron chi connectivity index (χ4n) is 7.56. The van der Waals surface area contributed by atoms with Crippen LogP contribution >= 0.6 is 0 Å². The van der Waals surface area contributed by atoms with E-state index in [0.29, 0.717) is 70.6 Å². The van der Waals surface area contributed by atoms with Gasteiger partial charge in [-0.3, -0.25) is 9.59 Å². The highest BCUT2D eigenvalue weighted by Gasteiger charge is 2.36. The molecular formula is C40H46F6N12O4. The number of alkyl halides is 6. The number of carbonyl (C=O) groups excluding carboxylic acids is 2. The van der Waals surface area contributed by atoms with Crippen LogP contribution in [0.3, 0.4) is 0 Å². The lowest BCUT2D eigenvalue weighted by molar-refractivity contribution is -0.142. The first kappa shape index (κ1) is 43.9. The van der Waals surface area contributed by atoms with E-state index >= 15 is 0 Å². The largest absolute Gasteiger partial charge is 0.489 e. The predicted octanol–water partition coefficient (Wildman–Crippen LogP) is 6.78. The fourth-order valence-corrected chi connectivity index (χ4v) is 7.56. The zero-order valence-corrected chi connectivity index (χ0v) is 34.6. The van der Waals surface area contributed by atoms with Gasteiger partial charge in [-0.25, -0.2) is 19.9 Å². The number of aryl methyl sites for hydroxylation is 2. The molecule has 0 bridgehead atoms. The Hall–Kier alpha value is -6.22. The Morgan fingerprint density at radius 3 is 1.35 bits per heavy atom. The first-order valence-electron chi connectivity index (χ1n) is 20.0. The van der Waals surface area contributed by atoms with E-state index in [9.17, 15) is 35.9 Å². The van der Waals surface area contributed by atoms with Crippen LogP contribution in [-0.2, 0) is 21.9 Å². The van der Waals surface area contributed by atoms with Gasteiger partial charge in [-0.15, -0.1) is 0 Å². The van der Waals surface area contributed by atoms with Gasteiger partial charge in [0, 0.05) is 39.0 Å². The van der Waals surface area contributed by atoms with Gasteiger partial charge in [0.05, 0.1) is 23.8 Å². The molecule has 8 rings (SSSR count). The maximum atomic E-state index is 12.6. The van der Waals surface area contributed by atoms with Crippen molar-refractivity contribution >= 4 is 46.7 Å². The second kappa shape index (κ2) is 17.3. The summed E-state index contributed by atoms with van der Waals surface area (Å²) in [5, 5.41) is 12.3. The van der Waals surface area contributed by atoms with Crippen LogP contribution in [0.4, 0.5) is 61.2 Å². The SMILES string of the molecule is Cc1nc(N[C@@H]2CC[C@@H](Oc3ccc(C(F)(F)F)nc3)C2)nc2c1NC(=O)[C@H](C)N2C.Cc1nc(N[C@H]2CC[C@H](Oc3ccc(C(F)(F)F)nc3)C2)nc2c1NC(=O)[C@H](C)N2C. The van der Waals surface area contributed by atoms with E-state index in [1.54, 1.807) is 13.8 Å². The van der Waals surface area contributed by atoms with E-state index in [2.05, 4.69) is 51.2 Å². The average Bonchev–Trinajstić information content (AvgIpc) is 3.85. The van der Waals surface area contributed by atoms with Crippen LogP contribution in [0.5, 0.6) is 11.5 Å². The Morgan fingerprint density at radius 1 is 0.629 bits per heavy atom. The maximum Gasteiger partial charge on any atom is 0.433 e. The van der Waals surface area contributed by atoms with Crippen LogP contribution in [0, 0.1) is 13.8 Å². The number of halogens is 6. The molecule has 4 aliphatic rings. The quantitative estimate of drug-likeness (QED) is 0.136. The first-order valence-corrected chi connectivity index (χ1v) is 20.0. The van der Waals surface area contributed by atoms with E-state index in [1.165, 1.54) is 12.1 Å². The Labute approximate surface area is 352 Å². The molecule has 0 radical (unpaired) electrons. The number of nitrogens with one attached hydrogen (secondary N) is 4. The minimum Gasteiger partial charge on any atom is -0.489 e. The number of ether oxygens (including phenoxy) is 2. The number of hydrogen-bond acceptors (Lipinski definition) is 14. The zero-order valence-electron chi connectivity index (χ0n) is 34.6. The first-order chi connectivity index (χ1) is 29.2. The summed E-state index contributed by atoms with van der Waals surface area (Å²) in [6, 6.07) is 3.86. The molecule has 6 heterocycles. The van der Waals surface area contributed by atoms with Crippen molar-refractivity contribution in [2.75, 3.05) is 45.2 Å². The highest BCUT2D eigenvalue weighted by atomic mass is 19.4. The molecule has 2 aliphatic heterocycles. The van der Waals surface area contributed by atoms with E-state index in [4.69, 9.17) is 9.47 Å². The topological polar surface area (TPSA) is 185 Å². The summed E-state index contributed by atoms with van der Waals surface area (Å²) >= 11 is 0. The molecule has 22 heteroatoms. The van der Waals surface area contributed by atoms with Crippen LogP contribution in [0.25, 0.3) is 0 Å². The lowest BCUT2D eigenvalue weighted by Gasteiger charge is -2.32. The van der Waals surface area contributed by atoms with Crippen LogP contribution in [0.1, 0.15) is 75.1 Å². The Kier molecular flexibility index (Phi) is 12.2. The number of amides is 2. The van der Waals surface area contributed by atoms with Gasteiger partial charge in [0.1, 0.15) is 58.6 Å². The van der Waals surface area contributed by atoms with Gasteiger partial charge in [-0.1, -0.05) is 0 Å². The smallest absolute Gasteiger partial charge is 0.433 e. The Balaban J connectivity index is 0.000000186. The molecule has 4 N–H and O–H groups in total. The number of pyridine rings is 2. The third-order valence-electron chi connectivity index (χ3n) is 11.3. The zero-order chi connectivity index (χ0) is 44.7. The fraction of sp³-hybridized carbons (Fsp3) is 0.500. The number of carbonyl (C=O) groups is 2. The number of hydrogen-bond donors (Lipinski definition) is 4. The molecular weight excluding hydrogens is 827 g/mol. The van der Waals surface area contributed by atoms with Gasteiger partial charge < -0.3 is 40.5 Å². The lowest BCUT2D eigenvalue weighted by Crippen LogP contribution is -2.45. The molecule has 0 unspecified atom stereocenters. The molecule has 2 aliphatic carbocycles. The number of fused-ring (bicyclic) bond motifs is 2. The second-order valence-electron chi connectivity index (χ2n) is 15.8. The summed E-state index contributed by atoms with van der Waals surface area (Å²) < 4.78 is 87.4. The van der Waals surface area contributed by atoms with Gasteiger partial charge in [0.25, 0.3) is 0 Å². The lowest BCUT2D eigenvalue weighted by atomic mass is 10.2. The van der Waals surface area contributed by atoms with Crippen LogP contribution in [0.2, 0.25) is 0 Å². The van der Waals surface area contributed by atoms with Gasteiger partial charge >= 0.3 is 12.4 Å². The normalized spacial score (nSPS) is 23.4. The van der Waals surface area contributed by atoms with Crippen molar-refractivity contribution in [1.29, 1.82) is 0 Å². The molecule has 4 aromatic heterocycles. The summed E-state index contributed by atoms with van der Waals surface area (Å²) in [7, 11) is 3.63. The van der Waals surface area contributed by atoms with Crippen LogP contribution in [-0.4, -0.2) is 92.2 Å². The van der Waals surface area contributed by atoms with Crippen molar-refractivity contribution in [1.82, 2.24) is 29.9 Å². The van der Waals surface area contributed by atoms with Crippen molar-refractivity contribution in [3.63, 3.8) is 0 Å². The number of nitrogens with zero attached hydrogens (tertiary/aromatic N) is 8. The summed E-state index contributed by atoms with van der Waals surface area (Å²) in [5.74, 6) is 2.66. The Bertz CT molecular complexity index is 2120. The highest BCUT2D eigenvalue weighted by Crippen LogP contribution is 2.36. The van der Waals surface area contributed by atoms with Crippen molar-refractivity contribution in [3.8, 4) is 11.5 Å². The summed E-state index contributed by atoms with van der Waals surface area (Å²) in [6.45, 7) is 7.23. The Morgan fingerprint density at radius 2 is 1.02 bits per heavy atom. The summed E-state index contributed by atoms with van der Waals surface area (Å²) in [5.41, 5.74) is 0.669. The minimum atomic E-state index is -4.47. The van der Waals surface area contributed by atoms with E-state index in [-0.39, 0.29) is 48.2 Å². The molecule has 0 spiro atoms. The molecule has 0 aromatic carbocycles. The molecule has 62 heavy (non-hydrogen) atoms. The van der Waals surface area contributed by atoms with Crippen molar-refractivity contribution in [2.45, 2.75) is 115 Å². The number of rotatable bonds is 8. The van der Waals surface area contributed by atoms with Gasteiger partial charge in [0.15, 0.2) is 11.6 Å². The molecule has 4 aromatic rings.